The minimum atomic E-state index is -3.73. The van der Waals surface area contributed by atoms with Crippen molar-refractivity contribution in [3.8, 4) is 11.5 Å². The largest absolute Gasteiger partial charge is 0.455 e. The Morgan fingerprint density at radius 3 is 2.37 bits per heavy atom. The molecule has 2 rings (SSSR count). The lowest BCUT2D eigenvalue weighted by molar-refractivity contribution is 0.479. The zero-order valence-corrected chi connectivity index (χ0v) is 12.7. The molecule has 0 heterocycles. The maximum absolute atomic E-state index is 11.2. The van der Waals surface area contributed by atoms with Gasteiger partial charge in [-0.05, 0) is 46.3 Å². The fraction of sp³-hybridized carbons (Fsp3) is 0. The molecule has 0 bridgehead atoms. The van der Waals surface area contributed by atoms with E-state index in [0.717, 1.165) is 0 Å². The Hall–Kier alpha value is -1.08. The van der Waals surface area contributed by atoms with Crippen molar-refractivity contribution in [3.63, 3.8) is 0 Å². The number of para-hydroxylation sites is 1. The molecule has 19 heavy (non-hydrogen) atoms. The number of benzene rings is 2. The van der Waals surface area contributed by atoms with Gasteiger partial charge >= 0.3 is 0 Å². The van der Waals surface area contributed by atoms with E-state index in [2.05, 4.69) is 15.9 Å². The molecule has 0 spiro atoms. The van der Waals surface area contributed by atoms with Crippen LogP contribution in [0, 0.1) is 0 Å². The molecule has 0 amide bonds. The molecular formula is C12H9BrClNO3S. The van der Waals surface area contributed by atoms with Gasteiger partial charge in [-0.2, -0.15) is 0 Å². The normalized spacial score (nSPS) is 11.3. The van der Waals surface area contributed by atoms with E-state index in [1.54, 1.807) is 24.3 Å². The van der Waals surface area contributed by atoms with E-state index >= 15 is 0 Å². The number of ether oxygens (including phenoxy) is 1. The third-order valence-electron chi connectivity index (χ3n) is 2.29. The van der Waals surface area contributed by atoms with Crippen LogP contribution in [0.3, 0.4) is 0 Å². The molecule has 2 aromatic rings. The summed E-state index contributed by atoms with van der Waals surface area (Å²) in [4.78, 5) is 0.00545. The van der Waals surface area contributed by atoms with Crippen LogP contribution in [0.1, 0.15) is 0 Å². The summed E-state index contributed by atoms with van der Waals surface area (Å²) < 4.78 is 28.5. The van der Waals surface area contributed by atoms with Crippen molar-refractivity contribution in [1.82, 2.24) is 0 Å². The van der Waals surface area contributed by atoms with Gasteiger partial charge < -0.3 is 4.74 Å². The minimum Gasteiger partial charge on any atom is -0.455 e. The summed E-state index contributed by atoms with van der Waals surface area (Å²) in [5.74, 6) is 0.925. The van der Waals surface area contributed by atoms with Crippen LogP contribution in [-0.4, -0.2) is 8.42 Å². The van der Waals surface area contributed by atoms with Gasteiger partial charge in [0.1, 0.15) is 11.5 Å². The Labute approximate surface area is 124 Å². The first-order valence-electron chi connectivity index (χ1n) is 5.12. The number of rotatable bonds is 3. The lowest BCUT2D eigenvalue weighted by Crippen LogP contribution is -2.11. The highest BCUT2D eigenvalue weighted by Gasteiger charge is 2.12. The molecule has 0 saturated carbocycles. The summed E-state index contributed by atoms with van der Waals surface area (Å²) in [6.45, 7) is 0. The Bertz CT molecular complexity index is 719. The molecule has 0 unspecified atom stereocenters. The maximum atomic E-state index is 11.2. The molecule has 0 saturated heterocycles. The molecule has 100 valence electrons. The number of hydrogen-bond acceptors (Lipinski definition) is 3. The number of nitrogens with two attached hydrogens (primary N) is 1. The highest BCUT2D eigenvalue weighted by molar-refractivity contribution is 9.10. The number of halogens is 2. The van der Waals surface area contributed by atoms with Crippen molar-refractivity contribution in [3.05, 3.63) is 52.0 Å². The Morgan fingerprint density at radius 1 is 1.11 bits per heavy atom. The van der Waals surface area contributed by atoms with E-state index in [1.165, 1.54) is 18.2 Å². The van der Waals surface area contributed by atoms with Crippen LogP contribution >= 0.6 is 27.5 Å². The average molecular weight is 363 g/mol. The van der Waals surface area contributed by atoms with Crippen LogP contribution in [0.25, 0.3) is 0 Å². The summed E-state index contributed by atoms with van der Waals surface area (Å²) in [6, 6.07) is 11.2. The first kappa shape index (κ1) is 14.3. The minimum absolute atomic E-state index is 0.00545. The standard InChI is InChI=1S/C12H9BrClNO3S/c13-9-7-8(19(15,16)17)5-6-11(9)18-12-4-2-1-3-10(12)14/h1-7H,(H2,15,16,17). The van der Waals surface area contributed by atoms with Gasteiger partial charge in [-0.25, -0.2) is 13.6 Å². The molecule has 0 fully saturated rings. The van der Waals surface area contributed by atoms with E-state index in [4.69, 9.17) is 21.5 Å². The molecule has 0 aliphatic carbocycles. The third-order valence-corrected chi connectivity index (χ3v) is 4.13. The second-order valence-electron chi connectivity index (χ2n) is 3.67. The first-order chi connectivity index (χ1) is 8.88. The SMILES string of the molecule is NS(=O)(=O)c1ccc(Oc2ccccc2Cl)c(Br)c1. The predicted molar refractivity (Wildman–Crippen MR) is 77.0 cm³/mol. The van der Waals surface area contributed by atoms with Crippen molar-refractivity contribution in [2.24, 2.45) is 5.14 Å². The number of hydrogen-bond donors (Lipinski definition) is 1. The lowest BCUT2D eigenvalue weighted by Gasteiger charge is -2.09. The molecule has 0 aliphatic heterocycles. The van der Waals surface area contributed by atoms with Gasteiger partial charge in [0.15, 0.2) is 0 Å². The average Bonchev–Trinajstić information content (AvgIpc) is 2.33. The molecular weight excluding hydrogens is 354 g/mol. The van der Waals surface area contributed by atoms with Gasteiger partial charge in [-0.15, -0.1) is 0 Å². The van der Waals surface area contributed by atoms with Crippen LogP contribution in [-0.2, 0) is 10.0 Å². The second kappa shape index (κ2) is 5.50. The molecule has 4 nitrogen and oxygen atoms in total. The third kappa shape index (κ3) is 3.48. The topological polar surface area (TPSA) is 69.4 Å². The highest BCUT2D eigenvalue weighted by Crippen LogP contribution is 2.34. The van der Waals surface area contributed by atoms with E-state index in [9.17, 15) is 8.42 Å². The Morgan fingerprint density at radius 2 is 1.79 bits per heavy atom. The monoisotopic (exact) mass is 361 g/mol. The summed E-state index contributed by atoms with van der Waals surface area (Å²) in [6.07, 6.45) is 0. The van der Waals surface area contributed by atoms with Crippen molar-refractivity contribution in [1.29, 1.82) is 0 Å². The van der Waals surface area contributed by atoms with E-state index < -0.39 is 10.0 Å². The highest BCUT2D eigenvalue weighted by atomic mass is 79.9. The van der Waals surface area contributed by atoms with Gasteiger partial charge in [-0.1, -0.05) is 23.7 Å². The van der Waals surface area contributed by atoms with Crippen LogP contribution in [0.4, 0.5) is 0 Å². The quantitative estimate of drug-likeness (QED) is 0.908. The zero-order chi connectivity index (χ0) is 14.0. The lowest BCUT2D eigenvalue weighted by atomic mass is 10.3. The second-order valence-corrected chi connectivity index (χ2v) is 6.49. The van der Waals surface area contributed by atoms with Crippen molar-refractivity contribution >= 4 is 37.6 Å². The van der Waals surface area contributed by atoms with Gasteiger partial charge in [-0.3, -0.25) is 0 Å². The molecule has 0 atom stereocenters. The van der Waals surface area contributed by atoms with E-state index in [1.807, 2.05) is 0 Å². The molecule has 0 radical (unpaired) electrons. The summed E-state index contributed by atoms with van der Waals surface area (Å²) in [7, 11) is -3.73. The molecule has 2 aromatic carbocycles. The summed E-state index contributed by atoms with van der Waals surface area (Å²) >= 11 is 9.21. The molecule has 0 aliphatic rings. The maximum Gasteiger partial charge on any atom is 0.238 e. The fourth-order valence-corrected chi connectivity index (χ4v) is 2.71. The Balaban J connectivity index is 2.36. The Kier molecular flexibility index (Phi) is 4.15. The van der Waals surface area contributed by atoms with Crippen molar-refractivity contribution in [2.75, 3.05) is 0 Å². The fourth-order valence-electron chi connectivity index (χ4n) is 1.39. The summed E-state index contributed by atoms with van der Waals surface area (Å²) in [5, 5.41) is 5.50. The van der Waals surface area contributed by atoms with Crippen LogP contribution < -0.4 is 9.88 Å². The van der Waals surface area contributed by atoms with Crippen LogP contribution in [0.2, 0.25) is 5.02 Å². The van der Waals surface area contributed by atoms with Gasteiger partial charge in [0, 0.05) is 0 Å². The van der Waals surface area contributed by atoms with Crippen LogP contribution in [0.5, 0.6) is 11.5 Å². The van der Waals surface area contributed by atoms with Crippen molar-refractivity contribution < 1.29 is 13.2 Å². The smallest absolute Gasteiger partial charge is 0.238 e. The number of sulfonamides is 1. The molecule has 7 heteroatoms. The van der Waals surface area contributed by atoms with Gasteiger partial charge in [0.2, 0.25) is 10.0 Å². The van der Waals surface area contributed by atoms with E-state index in [0.29, 0.717) is 21.0 Å². The number of primary sulfonamides is 1. The van der Waals surface area contributed by atoms with Crippen LogP contribution in [0.15, 0.2) is 51.8 Å². The predicted octanol–water partition coefficient (Wildman–Crippen LogP) is 3.54. The molecule has 0 aromatic heterocycles. The first-order valence-corrected chi connectivity index (χ1v) is 7.84. The van der Waals surface area contributed by atoms with Gasteiger partial charge in [0.05, 0.1) is 14.4 Å². The molecule has 2 N–H and O–H groups in total. The van der Waals surface area contributed by atoms with E-state index in [-0.39, 0.29) is 4.90 Å². The summed E-state index contributed by atoms with van der Waals surface area (Å²) in [5.41, 5.74) is 0. The van der Waals surface area contributed by atoms with Gasteiger partial charge in [0.25, 0.3) is 0 Å². The van der Waals surface area contributed by atoms with Crippen molar-refractivity contribution in [2.45, 2.75) is 4.90 Å². The zero-order valence-electron chi connectivity index (χ0n) is 9.51.